The SMILES string of the molecule is Cc1ccc(F)cc1S(=O)(=O)N1C[C@@H]2CN(C)[C@@H](c3ccccc3)[C@@H]2C1. The summed E-state index contributed by atoms with van der Waals surface area (Å²) >= 11 is 0. The van der Waals surface area contributed by atoms with E-state index in [1.807, 2.05) is 18.2 Å². The second-order valence-corrected chi connectivity index (χ2v) is 9.36. The molecule has 0 saturated carbocycles. The summed E-state index contributed by atoms with van der Waals surface area (Å²) in [5, 5.41) is 0. The van der Waals surface area contributed by atoms with E-state index in [0.717, 1.165) is 12.6 Å². The first kappa shape index (κ1) is 17.6. The summed E-state index contributed by atoms with van der Waals surface area (Å²) in [6.45, 7) is 3.56. The van der Waals surface area contributed by atoms with Crippen LogP contribution in [0.5, 0.6) is 0 Å². The number of likely N-dealkylation sites (tertiary alicyclic amines) is 1. The zero-order valence-corrected chi connectivity index (χ0v) is 15.8. The van der Waals surface area contributed by atoms with Crippen molar-refractivity contribution in [1.29, 1.82) is 0 Å². The van der Waals surface area contributed by atoms with E-state index in [-0.39, 0.29) is 16.9 Å². The monoisotopic (exact) mass is 374 g/mol. The molecule has 2 aliphatic heterocycles. The molecule has 3 atom stereocenters. The van der Waals surface area contributed by atoms with E-state index < -0.39 is 15.8 Å². The summed E-state index contributed by atoms with van der Waals surface area (Å²) in [7, 11) is -1.58. The molecule has 26 heavy (non-hydrogen) atoms. The summed E-state index contributed by atoms with van der Waals surface area (Å²) in [4.78, 5) is 2.41. The highest BCUT2D eigenvalue weighted by molar-refractivity contribution is 7.89. The first-order chi connectivity index (χ1) is 12.4. The van der Waals surface area contributed by atoms with Crippen LogP contribution >= 0.6 is 0 Å². The lowest BCUT2D eigenvalue weighted by Gasteiger charge is -2.27. The average molecular weight is 374 g/mol. The van der Waals surface area contributed by atoms with Crippen LogP contribution in [-0.2, 0) is 10.0 Å². The van der Waals surface area contributed by atoms with Gasteiger partial charge >= 0.3 is 0 Å². The number of fused-ring (bicyclic) bond motifs is 1. The summed E-state index contributed by atoms with van der Waals surface area (Å²) < 4.78 is 41.4. The van der Waals surface area contributed by atoms with E-state index in [4.69, 9.17) is 0 Å². The number of hydrogen-bond acceptors (Lipinski definition) is 3. The number of hydrogen-bond donors (Lipinski definition) is 0. The number of benzene rings is 2. The molecule has 4 rings (SSSR count). The predicted octanol–water partition coefficient (Wildman–Crippen LogP) is 3.06. The maximum Gasteiger partial charge on any atom is 0.243 e. The molecule has 0 spiro atoms. The third-order valence-electron chi connectivity index (χ3n) is 5.77. The van der Waals surface area contributed by atoms with Crippen LogP contribution in [0.1, 0.15) is 17.2 Å². The molecule has 6 heteroatoms. The molecule has 0 bridgehead atoms. The van der Waals surface area contributed by atoms with Gasteiger partial charge in [0.15, 0.2) is 0 Å². The maximum absolute atomic E-state index is 13.6. The van der Waals surface area contributed by atoms with Crippen molar-refractivity contribution in [3.63, 3.8) is 0 Å². The Kier molecular flexibility index (Phi) is 4.37. The van der Waals surface area contributed by atoms with Crippen LogP contribution in [0.3, 0.4) is 0 Å². The van der Waals surface area contributed by atoms with Gasteiger partial charge in [0.05, 0.1) is 4.90 Å². The average Bonchev–Trinajstić information content (AvgIpc) is 3.14. The Labute approximate surface area is 154 Å². The molecule has 2 heterocycles. The summed E-state index contributed by atoms with van der Waals surface area (Å²) in [5.41, 5.74) is 1.81. The number of rotatable bonds is 3. The van der Waals surface area contributed by atoms with E-state index in [1.54, 1.807) is 11.2 Å². The van der Waals surface area contributed by atoms with Gasteiger partial charge in [-0.15, -0.1) is 0 Å². The number of aryl methyl sites for hydroxylation is 1. The van der Waals surface area contributed by atoms with Crippen molar-refractivity contribution in [2.24, 2.45) is 11.8 Å². The summed E-state index contributed by atoms with van der Waals surface area (Å²) in [5.74, 6) is 0.0374. The number of sulfonamides is 1. The molecule has 0 aliphatic carbocycles. The van der Waals surface area contributed by atoms with Crippen LogP contribution in [-0.4, -0.2) is 44.3 Å². The molecular formula is C20H23FN2O2S. The standard InChI is InChI=1S/C20H23FN2O2S/c1-14-8-9-17(21)10-19(14)26(24,25)23-12-16-11-22(2)20(18(16)13-23)15-6-4-3-5-7-15/h3-10,16,18,20H,11-13H2,1-2H3/t16-,18+,20-/m0/s1. The van der Waals surface area contributed by atoms with Gasteiger partial charge in [-0.2, -0.15) is 4.31 Å². The highest BCUT2D eigenvalue weighted by atomic mass is 32.2. The molecule has 4 nitrogen and oxygen atoms in total. The van der Waals surface area contributed by atoms with Gasteiger partial charge in [0.25, 0.3) is 0 Å². The predicted molar refractivity (Wildman–Crippen MR) is 98.7 cm³/mol. The lowest BCUT2D eigenvalue weighted by molar-refractivity contribution is 0.261. The third-order valence-corrected chi connectivity index (χ3v) is 7.74. The number of nitrogens with zero attached hydrogens (tertiary/aromatic N) is 2. The Balaban J connectivity index is 1.63. The Hall–Kier alpha value is -1.76. The van der Waals surface area contributed by atoms with Crippen LogP contribution < -0.4 is 0 Å². The molecule has 2 saturated heterocycles. The van der Waals surface area contributed by atoms with E-state index in [2.05, 4.69) is 24.1 Å². The normalized spacial score (nSPS) is 27.0. The van der Waals surface area contributed by atoms with Gasteiger partial charge in [-0.3, -0.25) is 4.90 Å². The first-order valence-corrected chi connectivity index (χ1v) is 10.3. The van der Waals surface area contributed by atoms with Gasteiger partial charge in [-0.25, -0.2) is 12.8 Å². The lowest BCUT2D eigenvalue weighted by atomic mass is 9.90. The molecule has 2 aromatic rings. The van der Waals surface area contributed by atoms with Crippen molar-refractivity contribution >= 4 is 10.0 Å². The molecule has 0 N–H and O–H groups in total. The molecule has 0 radical (unpaired) electrons. The van der Waals surface area contributed by atoms with Gasteiger partial charge in [0, 0.05) is 25.7 Å². The molecule has 138 valence electrons. The van der Waals surface area contributed by atoms with Crippen molar-refractivity contribution in [1.82, 2.24) is 9.21 Å². The van der Waals surface area contributed by atoms with Crippen molar-refractivity contribution in [3.8, 4) is 0 Å². The maximum atomic E-state index is 13.6. The zero-order valence-electron chi connectivity index (χ0n) is 15.0. The summed E-state index contributed by atoms with van der Waals surface area (Å²) in [6.07, 6.45) is 0. The highest BCUT2D eigenvalue weighted by Crippen LogP contribution is 2.45. The Morgan fingerprint density at radius 1 is 1.04 bits per heavy atom. The molecule has 0 amide bonds. The van der Waals surface area contributed by atoms with Gasteiger partial charge in [0.2, 0.25) is 10.0 Å². The van der Waals surface area contributed by atoms with Crippen LogP contribution in [0.4, 0.5) is 4.39 Å². The fourth-order valence-corrected chi connectivity index (χ4v) is 6.33. The molecule has 0 aromatic heterocycles. The number of halogens is 1. The van der Waals surface area contributed by atoms with Crippen LogP contribution in [0.25, 0.3) is 0 Å². The largest absolute Gasteiger partial charge is 0.299 e. The molecule has 2 fully saturated rings. The Bertz CT molecular complexity index is 917. The smallest absolute Gasteiger partial charge is 0.243 e. The molecule has 2 aliphatic rings. The van der Waals surface area contributed by atoms with E-state index >= 15 is 0 Å². The molecule has 2 aromatic carbocycles. The minimum Gasteiger partial charge on any atom is -0.299 e. The second kappa shape index (κ2) is 6.44. The Morgan fingerprint density at radius 3 is 2.50 bits per heavy atom. The zero-order chi connectivity index (χ0) is 18.5. The van der Waals surface area contributed by atoms with Gasteiger partial charge < -0.3 is 0 Å². The fourth-order valence-electron chi connectivity index (χ4n) is 4.56. The van der Waals surface area contributed by atoms with Gasteiger partial charge in [-0.1, -0.05) is 36.4 Å². The van der Waals surface area contributed by atoms with Crippen LogP contribution in [0.2, 0.25) is 0 Å². The quantitative estimate of drug-likeness (QED) is 0.829. The first-order valence-electron chi connectivity index (χ1n) is 8.89. The van der Waals surface area contributed by atoms with E-state index in [9.17, 15) is 12.8 Å². The Morgan fingerprint density at radius 2 is 1.77 bits per heavy atom. The molecule has 0 unspecified atom stereocenters. The summed E-state index contributed by atoms with van der Waals surface area (Å²) in [6, 6.07) is 14.4. The second-order valence-electron chi connectivity index (χ2n) is 7.45. The van der Waals surface area contributed by atoms with Crippen molar-refractivity contribution < 1.29 is 12.8 Å². The third kappa shape index (κ3) is 2.86. The van der Waals surface area contributed by atoms with Crippen LogP contribution in [0, 0.1) is 24.6 Å². The van der Waals surface area contributed by atoms with E-state index in [1.165, 1.54) is 17.7 Å². The van der Waals surface area contributed by atoms with Crippen molar-refractivity contribution in [2.75, 3.05) is 26.7 Å². The highest BCUT2D eigenvalue weighted by Gasteiger charge is 2.49. The fraction of sp³-hybridized carbons (Fsp3) is 0.400. The van der Waals surface area contributed by atoms with Gasteiger partial charge in [0.1, 0.15) is 5.82 Å². The minimum atomic E-state index is -3.68. The minimum absolute atomic E-state index is 0.0853. The van der Waals surface area contributed by atoms with Crippen LogP contribution in [0.15, 0.2) is 53.4 Å². The lowest BCUT2D eigenvalue weighted by Crippen LogP contribution is -2.33. The topological polar surface area (TPSA) is 40.6 Å². The van der Waals surface area contributed by atoms with E-state index in [0.29, 0.717) is 24.6 Å². The van der Waals surface area contributed by atoms with Gasteiger partial charge in [-0.05, 0) is 49.1 Å². The van der Waals surface area contributed by atoms with Crippen molar-refractivity contribution in [3.05, 3.63) is 65.5 Å². The van der Waals surface area contributed by atoms with Crippen molar-refractivity contribution in [2.45, 2.75) is 17.9 Å². The molecular weight excluding hydrogens is 351 g/mol.